The van der Waals surface area contributed by atoms with Gasteiger partial charge in [0.25, 0.3) is 0 Å². The Bertz CT molecular complexity index is 393. The van der Waals surface area contributed by atoms with E-state index in [4.69, 9.17) is 0 Å². The summed E-state index contributed by atoms with van der Waals surface area (Å²) in [5.41, 5.74) is 1.92. The van der Waals surface area contributed by atoms with Crippen molar-refractivity contribution < 1.29 is 0 Å². The SMILES string of the molecule is C[C@H]1CCC[C@](c2ccccc2)(N2CCCCC2)C1. The van der Waals surface area contributed by atoms with Crippen molar-refractivity contribution in [3.05, 3.63) is 35.9 Å². The number of likely N-dealkylation sites (tertiary alicyclic amines) is 1. The topological polar surface area (TPSA) is 3.24 Å². The van der Waals surface area contributed by atoms with Crippen LogP contribution >= 0.6 is 0 Å². The maximum absolute atomic E-state index is 2.82. The van der Waals surface area contributed by atoms with Crippen molar-refractivity contribution in [3.8, 4) is 0 Å². The van der Waals surface area contributed by atoms with E-state index in [2.05, 4.69) is 42.2 Å². The van der Waals surface area contributed by atoms with Gasteiger partial charge in [0.05, 0.1) is 0 Å². The van der Waals surface area contributed by atoms with Gasteiger partial charge in [0.1, 0.15) is 0 Å². The van der Waals surface area contributed by atoms with Gasteiger partial charge in [0.2, 0.25) is 0 Å². The fraction of sp³-hybridized carbons (Fsp3) is 0.667. The van der Waals surface area contributed by atoms with Crippen molar-refractivity contribution in [3.63, 3.8) is 0 Å². The standard InChI is InChI=1S/C18H27N/c1-16-9-8-12-18(15-16,17-10-4-2-5-11-17)19-13-6-3-7-14-19/h2,4-5,10-11,16H,3,6-9,12-15H2,1H3/t16-,18-/m0/s1. The van der Waals surface area contributed by atoms with E-state index in [9.17, 15) is 0 Å². The number of rotatable bonds is 2. The van der Waals surface area contributed by atoms with Crippen molar-refractivity contribution in [2.24, 2.45) is 5.92 Å². The van der Waals surface area contributed by atoms with Crippen LogP contribution in [0.1, 0.15) is 57.4 Å². The summed E-state index contributed by atoms with van der Waals surface area (Å²) in [4.78, 5) is 2.82. The van der Waals surface area contributed by atoms with Gasteiger partial charge in [-0.25, -0.2) is 0 Å². The maximum Gasteiger partial charge on any atom is 0.0463 e. The second-order valence-corrected chi connectivity index (χ2v) is 6.65. The van der Waals surface area contributed by atoms with Crippen molar-refractivity contribution in [2.45, 2.75) is 57.4 Å². The molecule has 2 atom stereocenters. The molecule has 0 aromatic heterocycles. The molecular formula is C18H27N. The molecule has 0 bridgehead atoms. The number of piperidine rings is 1. The molecular weight excluding hydrogens is 230 g/mol. The largest absolute Gasteiger partial charge is 0.294 e. The third kappa shape index (κ3) is 2.58. The third-order valence-electron chi connectivity index (χ3n) is 5.25. The Balaban J connectivity index is 1.94. The van der Waals surface area contributed by atoms with Crippen molar-refractivity contribution in [1.82, 2.24) is 4.90 Å². The minimum Gasteiger partial charge on any atom is -0.294 e. The first kappa shape index (κ1) is 13.2. The highest BCUT2D eigenvalue weighted by atomic mass is 15.2. The monoisotopic (exact) mass is 257 g/mol. The fourth-order valence-electron chi connectivity index (χ4n) is 4.33. The Morgan fingerprint density at radius 3 is 2.42 bits per heavy atom. The summed E-state index contributed by atoms with van der Waals surface area (Å²) in [5.74, 6) is 0.871. The Labute approximate surface area is 118 Å². The Morgan fingerprint density at radius 2 is 1.74 bits per heavy atom. The van der Waals surface area contributed by atoms with E-state index in [1.54, 1.807) is 5.56 Å². The molecule has 0 amide bonds. The molecule has 19 heavy (non-hydrogen) atoms. The molecule has 1 aliphatic heterocycles. The van der Waals surface area contributed by atoms with Gasteiger partial charge in [-0.15, -0.1) is 0 Å². The van der Waals surface area contributed by atoms with Crippen LogP contribution in [0.25, 0.3) is 0 Å². The molecule has 1 saturated heterocycles. The van der Waals surface area contributed by atoms with Crippen LogP contribution in [0, 0.1) is 5.92 Å². The van der Waals surface area contributed by atoms with Crippen molar-refractivity contribution in [2.75, 3.05) is 13.1 Å². The summed E-state index contributed by atoms with van der Waals surface area (Å²) < 4.78 is 0. The molecule has 0 unspecified atom stereocenters. The molecule has 1 aromatic rings. The lowest BCUT2D eigenvalue weighted by Gasteiger charge is -2.50. The van der Waals surface area contributed by atoms with E-state index in [1.165, 1.54) is 58.0 Å². The van der Waals surface area contributed by atoms with E-state index < -0.39 is 0 Å². The molecule has 1 nitrogen and oxygen atoms in total. The lowest BCUT2D eigenvalue weighted by Crippen LogP contribution is -2.51. The second kappa shape index (κ2) is 5.66. The van der Waals surface area contributed by atoms with Crippen LogP contribution in [0.5, 0.6) is 0 Å². The van der Waals surface area contributed by atoms with Crippen LogP contribution in [-0.2, 0) is 5.54 Å². The average molecular weight is 257 g/mol. The lowest BCUT2D eigenvalue weighted by atomic mass is 9.71. The molecule has 1 heterocycles. The van der Waals surface area contributed by atoms with E-state index in [0.29, 0.717) is 5.54 Å². The first-order valence-corrected chi connectivity index (χ1v) is 8.12. The highest BCUT2D eigenvalue weighted by Gasteiger charge is 2.41. The van der Waals surface area contributed by atoms with Crippen LogP contribution in [0.4, 0.5) is 0 Å². The molecule has 0 spiro atoms. The van der Waals surface area contributed by atoms with Crippen LogP contribution < -0.4 is 0 Å². The number of hydrogen-bond donors (Lipinski definition) is 0. The Morgan fingerprint density at radius 1 is 1.00 bits per heavy atom. The van der Waals surface area contributed by atoms with Crippen LogP contribution in [-0.4, -0.2) is 18.0 Å². The zero-order valence-corrected chi connectivity index (χ0v) is 12.3. The molecule has 0 N–H and O–H groups in total. The zero-order valence-electron chi connectivity index (χ0n) is 12.3. The summed E-state index contributed by atoms with van der Waals surface area (Å²) in [6.07, 6.45) is 9.75. The molecule has 1 heteroatoms. The third-order valence-corrected chi connectivity index (χ3v) is 5.25. The Hall–Kier alpha value is -0.820. The summed E-state index contributed by atoms with van der Waals surface area (Å²) in [5, 5.41) is 0. The average Bonchev–Trinajstić information content (AvgIpc) is 2.49. The van der Waals surface area contributed by atoms with Crippen LogP contribution in [0.15, 0.2) is 30.3 Å². The number of nitrogens with zero attached hydrogens (tertiary/aromatic N) is 1. The van der Waals surface area contributed by atoms with E-state index in [0.717, 1.165) is 5.92 Å². The Kier molecular flexibility index (Phi) is 3.93. The van der Waals surface area contributed by atoms with E-state index in [1.807, 2.05) is 0 Å². The minimum atomic E-state index is 0.347. The molecule has 3 rings (SSSR count). The minimum absolute atomic E-state index is 0.347. The van der Waals surface area contributed by atoms with Crippen molar-refractivity contribution in [1.29, 1.82) is 0 Å². The molecule has 104 valence electrons. The van der Waals surface area contributed by atoms with Crippen molar-refractivity contribution >= 4 is 0 Å². The van der Waals surface area contributed by atoms with E-state index >= 15 is 0 Å². The van der Waals surface area contributed by atoms with Gasteiger partial charge in [-0.05, 0) is 50.3 Å². The maximum atomic E-state index is 2.82. The van der Waals surface area contributed by atoms with Gasteiger partial charge in [0, 0.05) is 5.54 Å². The molecule has 0 radical (unpaired) electrons. The predicted molar refractivity (Wildman–Crippen MR) is 81.2 cm³/mol. The number of benzene rings is 1. The summed E-state index contributed by atoms with van der Waals surface area (Å²) >= 11 is 0. The highest BCUT2D eigenvalue weighted by molar-refractivity contribution is 5.26. The molecule has 1 saturated carbocycles. The smallest absolute Gasteiger partial charge is 0.0463 e. The zero-order chi connectivity index (χ0) is 13.1. The molecule has 1 aliphatic carbocycles. The van der Waals surface area contributed by atoms with E-state index in [-0.39, 0.29) is 0 Å². The van der Waals surface area contributed by atoms with Gasteiger partial charge < -0.3 is 0 Å². The summed E-state index contributed by atoms with van der Waals surface area (Å²) in [6.45, 7) is 5.06. The lowest BCUT2D eigenvalue weighted by molar-refractivity contribution is 0.0143. The van der Waals surface area contributed by atoms with Gasteiger partial charge in [0.15, 0.2) is 0 Å². The quantitative estimate of drug-likeness (QED) is 0.749. The number of hydrogen-bond acceptors (Lipinski definition) is 1. The summed E-state index contributed by atoms with van der Waals surface area (Å²) in [7, 11) is 0. The normalized spacial score (nSPS) is 33.2. The summed E-state index contributed by atoms with van der Waals surface area (Å²) in [6, 6.07) is 11.3. The predicted octanol–water partition coefficient (Wildman–Crippen LogP) is 4.58. The molecule has 1 aromatic carbocycles. The van der Waals surface area contributed by atoms with Gasteiger partial charge in [-0.3, -0.25) is 4.90 Å². The molecule has 2 aliphatic rings. The second-order valence-electron chi connectivity index (χ2n) is 6.65. The first-order valence-electron chi connectivity index (χ1n) is 8.12. The van der Waals surface area contributed by atoms with Crippen LogP contribution in [0.3, 0.4) is 0 Å². The van der Waals surface area contributed by atoms with Gasteiger partial charge in [-0.1, -0.05) is 56.5 Å². The highest BCUT2D eigenvalue weighted by Crippen LogP contribution is 2.45. The molecule has 2 fully saturated rings. The fourth-order valence-corrected chi connectivity index (χ4v) is 4.33. The van der Waals surface area contributed by atoms with Gasteiger partial charge >= 0.3 is 0 Å². The van der Waals surface area contributed by atoms with Crippen LogP contribution in [0.2, 0.25) is 0 Å². The van der Waals surface area contributed by atoms with Gasteiger partial charge in [-0.2, -0.15) is 0 Å². The first-order chi connectivity index (χ1) is 9.31.